The third-order valence-electron chi connectivity index (χ3n) is 5.64. The fraction of sp³-hybridized carbons (Fsp3) is 0.250. The van der Waals surface area contributed by atoms with Gasteiger partial charge in [-0.05, 0) is 41.5 Å². The largest absolute Gasteiger partial charge is 0.504 e. The number of rotatable bonds is 5. The molecule has 1 aliphatic rings. The van der Waals surface area contributed by atoms with Gasteiger partial charge in [0.2, 0.25) is 5.91 Å². The summed E-state index contributed by atoms with van der Waals surface area (Å²) in [5.74, 6) is -4.19. The molecule has 174 valence electrons. The maximum atomic E-state index is 13.6. The molecular weight excluding hydrogens is 446 g/mol. The lowest BCUT2D eigenvalue weighted by molar-refractivity contribution is -0.131. The first-order valence-corrected chi connectivity index (χ1v) is 10.3. The third-order valence-corrected chi connectivity index (χ3v) is 5.64. The van der Waals surface area contributed by atoms with Crippen molar-refractivity contribution in [1.29, 1.82) is 5.26 Å². The molecule has 2 N–H and O–H groups in total. The van der Waals surface area contributed by atoms with Gasteiger partial charge in [0.05, 0.1) is 37.3 Å². The van der Waals surface area contributed by atoms with Gasteiger partial charge in [0.1, 0.15) is 6.04 Å². The van der Waals surface area contributed by atoms with Crippen molar-refractivity contribution in [3.63, 3.8) is 0 Å². The van der Waals surface area contributed by atoms with E-state index in [1.807, 2.05) is 0 Å². The lowest BCUT2D eigenvalue weighted by Crippen LogP contribution is -2.43. The first kappa shape index (κ1) is 22.9. The van der Waals surface area contributed by atoms with Gasteiger partial charge >= 0.3 is 0 Å². The van der Waals surface area contributed by atoms with Crippen LogP contribution in [0.5, 0.6) is 11.5 Å². The summed E-state index contributed by atoms with van der Waals surface area (Å²) < 4.78 is 32.3. The van der Waals surface area contributed by atoms with E-state index in [0.29, 0.717) is 27.8 Å². The molecule has 1 aromatic heterocycles. The predicted molar refractivity (Wildman–Crippen MR) is 118 cm³/mol. The Morgan fingerprint density at radius 3 is 2.71 bits per heavy atom. The van der Waals surface area contributed by atoms with Crippen LogP contribution in [0, 0.1) is 11.3 Å². The van der Waals surface area contributed by atoms with Crippen molar-refractivity contribution in [1.82, 2.24) is 15.2 Å². The zero-order chi connectivity index (χ0) is 24.5. The van der Waals surface area contributed by atoms with Gasteiger partial charge in [-0.25, -0.2) is 8.78 Å². The standard InChI is InChI=1S/C24H20F2N4O4/c1-34-21-5-3-15(9-20(21)31)14-2-4-19-18(8-14)17(6-7-28-19)23(33)29-12-22(32)30-13-24(25,26)10-16(30)11-27/h2-9,16,31H,10,12-13H2,1H3,(H,29,33)/t16-/m0/s1. The molecule has 4 rings (SSSR count). The number of nitrogens with zero attached hydrogens (tertiary/aromatic N) is 3. The molecule has 10 heteroatoms. The van der Waals surface area contributed by atoms with Crippen molar-refractivity contribution in [2.24, 2.45) is 0 Å². The minimum absolute atomic E-state index is 0.0362. The first-order chi connectivity index (χ1) is 16.2. The Morgan fingerprint density at radius 2 is 2.00 bits per heavy atom. The molecule has 2 amide bonds. The Bertz CT molecular complexity index is 1320. The number of benzene rings is 2. The molecule has 2 aromatic carbocycles. The number of methoxy groups -OCH3 is 1. The van der Waals surface area contributed by atoms with Crippen LogP contribution in [0.15, 0.2) is 48.7 Å². The molecule has 1 saturated heterocycles. The zero-order valence-corrected chi connectivity index (χ0v) is 18.1. The second kappa shape index (κ2) is 8.94. The Kier molecular flexibility index (Phi) is 6.03. The van der Waals surface area contributed by atoms with Crippen molar-refractivity contribution >= 4 is 22.7 Å². The van der Waals surface area contributed by atoms with Gasteiger partial charge in [-0.3, -0.25) is 14.6 Å². The number of aromatic nitrogens is 1. The van der Waals surface area contributed by atoms with Crippen LogP contribution in [0.4, 0.5) is 8.78 Å². The van der Waals surface area contributed by atoms with Crippen molar-refractivity contribution in [3.8, 4) is 28.7 Å². The highest BCUT2D eigenvalue weighted by atomic mass is 19.3. The van der Waals surface area contributed by atoms with Gasteiger partial charge in [0.25, 0.3) is 11.8 Å². The molecule has 1 atom stereocenters. The van der Waals surface area contributed by atoms with Crippen LogP contribution >= 0.6 is 0 Å². The van der Waals surface area contributed by atoms with E-state index in [4.69, 9.17) is 10.00 Å². The molecular formula is C24H20F2N4O4. The molecule has 8 nitrogen and oxygen atoms in total. The summed E-state index contributed by atoms with van der Waals surface area (Å²) in [6.45, 7) is -1.38. The highest BCUT2D eigenvalue weighted by Gasteiger charge is 2.47. The number of carbonyl (C=O) groups excluding carboxylic acids is 2. The Balaban J connectivity index is 1.56. The number of fused-ring (bicyclic) bond motifs is 1. The van der Waals surface area contributed by atoms with Crippen molar-refractivity contribution < 1.29 is 28.2 Å². The molecule has 0 radical (unpaired) electrons. The van der Waals surface area contributed by atoms with E-state index >= 15 is 0 Å². The van der Waals surface area contributed by atoms with E-state index in [0.717, 1.165) is 4.90 Å². The van der Waals surface area contributed by atoms with E-state index in [1.54, 1.807) is 36.4 Å². The Morgan fingerprint density at radius 1 is 1.26 bits per heavy atom. The second-order valence-corrected chi connectivity index (χ2v) is 7.89. The number of likely N-dealkylation sites (tertiary alicyclic amines) is 1. The van der Waals surface area contributed by atoms with Gasteiger partial charge < -0.3 is 20.1 Å². The number of ether oxygens (including phenoxy) is 1. The molecule has 34 heavy (non-hydrogen) atoms. The maximum absolute atomic E-state index is 13.6. The number of hydrogen-bond acceptors (Lipinski definition) is 6. The fourth-order valence-electron chi connectivity index (χ4n) is 3.94. The molecule has 0 aliphatic carbocycles. The minimum atomic E-state index is -3.13. The quantitative estimate of drug-likeness (QED) is 0.597. The number of phenols is 1. The van der Waals surface area contributed by atoms with Crippen LogP contribution in [-0.4, -0.2) is 59.0 Å². The number of carbonyl (C=O) groups is 2. The number of hydrogen-bond donors (Lipinski definition) is 2. The third kappa shape index (κ3) is 4.45. The van der Waals surface area contributed by atoms with E-state index in [9.17, 15) is 23.5 Å². The molecule has 0 saturated carbocycles. The molecule has 3 aromatic rings. The molecule has 1 fully saturated rings. The van der Waals surface area contributed by atoms with Crippen LogP contribution in [0.2, 0.25) is 0 Å². The summed E-state index contributed by atoms with van der Waals surface area (Å²) in [5, 5.41) is 22.1. The van der Waals surface area contributed by atoms with E-state index in [1.165, 1.54) is 25.4 Å². The Labute approximate surface area is 193 Å². The normalized spacial score (nSPS) is 16.8. The molecule has 2 heterocycles. The lowest BCUT2D eigenvalue weighted by Gasteiger charge is -2.19. The summed E-state index contributed by atoms with van der Waals surface area (Å²) in [4.78, 5) is 30.3. The van der Waals surface area contributed by atoms with Crippen molar-refractivity contribution in [2.75, 3.05) is 20.2 Å². The summed E-state index contributed by atoms with van der Waals surface area (Å²) in [6, 6.07) is 12.1. The SMILES string of the molecule is COc1ccc(-c2ccc3nccc(C(=O)NCC(=O)N4CC(F)(F)C[C@H]4C#N)c3c2)cc1O. The van der Waals surface area contributed by atoms with E-state index < -0.39 is 43.3 Å². The molecule has 0 unspecified atom stereocenters. The summed E-state index contributed by atoms with van der Waals surface area (Å²) in [7, 11) is 1.45. The number of halogens is 2. The second-order valence-electron chi connectivity index (χ2n) is 7.89. The number of alkyl halides is 2. The van der Waals surface area contributed by atoms with Gasteiger partial charge in [-0.2, -0.15) is 5.26 Å². The number of pyridine rings is 1. The van der Waals surface area contributed by atoms with E-state index in [2.05, 4.69) is 10.3 Å². The lowest BCUT2D eigenvalue weighted by atomic mass is 10.00. The molecule has 1 aliphatic heterocycles. The van der Waals surface area contributed by atoms with Crippen molar-refractivity contribution in [2.45, 2.75) is 18.4 Å². The first-order valence-electron chi connectivity index (χ1n) is 10.3. The Hall–Kier alpha value is -4.26. The maximum Gasteiger partial charge on any atom is 0.268 e. The zero-order valence-electron chi connectivity index (χ0n) is 18.1. The molecule has 0 spiro atoms. The topological polar surface area (TPSA) is 116 Å². The minimum Gasteiger partial charge on any atom is -0.504 e. The number of aromatic hydroxyl groups is 1. The number of nitriles is 1. The van der Waals surface area contributed by atoms with Gasteiger partial charge in [0, 0.05) is 18.0 Å². The van der Waals surface area contributed by atoms with Crippen molar-refractivity contribution in [3.05, 3.63) is 54.2 Å². The number of nitrogens with one attached hydrogen (secondary N) is 1. The number of amides is 2. The molecule has 0 bridgehead atoms. The highest BCUT2D eigenvalue weighted by Crippen LogP contribution is 2.33. The monoisotopic (exact) mass is 466 g/mol. The summed E-state index contributed by atoms with van der Waals surface area (Å²) in [5.41, 5.74) is 2.16. The van der Waals surface area contributed by atoms with Crippen LogP contribution in [-0.2, 0) is 4.79 Å². The number of phenolic OH excluding ortho intramolecular Hbond substituents is 1. The van der Waals surface area contributed by atoms with Gasteiger partial charge in [-0.15, -0.1) is 0 Å². The average molecular weight is 466 g/mol. The van der Waals surface area contributed by atoms with Gasteiger partial charge in [-0.1, -0.05) is 12.1 Å². The van der Waals surface area contributed by atoms with Crippen LogP contribution < -0.4 is 10.1 Å². The summed E-state index contributed by atoms with van der Waals surface area (Å²) in [6.07, 6.45) is 0.729. The summed E-state index contributed by atoms with van der Waals surface area (Å²) >= 11 is 0. The van der Waals surface area contributed by atoms with Gasteiger partial charge in [0.15, 0.2) is 11.5 Å². The fourth-order valence-corrected chi connectivity index (χ4v) is 3.94. The smallest absolute Gasteiger partial charge is 0.268 e. The predicted octanol–water partition coefficient (Wildman–Crippen LogP) is 3.11. The average Bonchev–Trinajstić information content (AvgIpc) is 3.16. The van der Waals surface area contributed by atoms with Crippen LogP contribution in [0.3, 0.4) is 0 Å². The van der Waals surface area contributed by atoms with Crippen LogP contribution in [0.1, 0.15) is 16.8 Å². The van der Waals surface area contributed by atoms with Crippen LogP contribution in [0.25, 0.3) is 22.0 Å². The van der Waals surface area contributed by atoms with E-state index in [-0.39, 0.29) is 11.3 Å². The highest BCUT2D eigenvalue weighted by molar-refractivity contribution is 6.07.